The van der Waals surface area contributed by atoms with E-state index >= 15 is 0 Å². The first-order chi connectivity index (χ1) is 11.3. The van der Waals surface area contributed by atoms with Crippen molar-refractivity contribution in [3.63, 3.8) is 0 Å². The summed E-state index contributed by atoms with van der Waals surface area (Å²) >= 11 is 0. The molecule has 2 aromatic rings. The van der Waals surface area contributed by atoms with E-state index in [2.05, 4.69) is 4.74 Å². The van der Waals surface area contributed by atoms with Crippen LogP contribution in [0.5, 0.6) is 11.5 Å². The van der Waals surface area contributed by atoms with E-state index in [4.69, 9.17) is 8.92 Å². The SMILES string of the molecule is COC(=O)c1ccc(OC)cc1OS(=O)(=O)c1ccc(C)c(C)c1. The zero-order valence-corrected chi connectivity index (χ0v) is 14.6. The second-order valence-electron chi connectivity index (χ2n) is 5.14. The smallest absolute Gasteiger partial charge is 0.341 e. The Morgan fingerprint density at radius 3 is 2.25 bits per heavy atom. The van der Waals surface area contributed by atoms with E-state index in [-0.39, 0.29) is 16.2 Å². The molecule has 128 valence electrons. The molecule has 6 nitrogen and oxygen atoms in total. The van der Waals surface area contributed by atoms with Crippen molar-refractivity contribution >= 4 is 16.1 Å². The van der Waals surface area contributed by atoms with Crippen molar-refractivity contribution in [2.45, 2.75) is 18.7 Å². The van der Waals surface area contributed by atoms with Crippen molar-refractivity contribution in [2.24, 2.45) is 0 Å². The lowest BCUT2D eigenvalue weighted by molar-refractivity contribution is 0.0599. The molecule has 0 bridgehead atoms. The minimum absolute atomic E-state index is 0.00392. The number of carbonyl (C=O) groups is 1. The van der Waals surface area contributed by atoms with Crippen LogP contribution in [0.3, 0.4) is 0 Å². The molecule has 0 aromatic heterocycles. The van der Waals surface area contributed by atoms with Crippen LogP contribution in [0.15, 0.2) is 41.3 Å². The quantitative estimate of drug-likeness (QED) is 0.609. The Morgan fingerprint density at radius 2 is 1.67 bits per heavy atom. The minimum atomic E-state index is -4.11. The normalized spacial score (nSPS) is 11.0. The summed E-state index contributed by atoms with van der Waals surface area (Å²) in [7, 11) is -1.48. The van der Waals surface area contributed by atoms with Crippen LogP contribution < -0.4 is 8.92 Å². The maximum atomic E-state index is 12.5. The highest BCUT2D eigenvalue weighted by molar-refractivity contribution is 7.87. The number of rotatable bonds is 5. The average Bonchev–Trinajstić information content (AvgIpc) is 2.56. The highest BCUT2D eigenvalue weighted by Gasteiger charge is 2.22. The van der Waals surface area contributed by atoms with E-state index in [0.717, 1.165) is 11.1 Å². The third-order valence-electron chi connectivity index (χ3n) is 3.56. The van der Waals surface area contributed by atoms with Gasteiger partial charge >= 0.3 is 16.1 Å². The zero-order valence-electron chi connectivity index (χ0n) is 13.8. The Kier molecular flexibility index (Phi) is 5.14. The Hall–Kier alpha value is -2.54. The number of esters is 1. The van der Waals surface area contributed by atoms with Crippen LogP contribution in [-0.4, -0.2) is 28.6 Å². The highest BCUT2D eigenvalue weighted by atomic mass is 32.2. The van der Waals surface area contributed by atoms with Gasteiger partial charge in [-0.05, 0) is 49.2 Å². The first-order valence-corrected chi connectivity index (χ1v) is 8.47. The molecule has 0 spiro atoms. The van der Waals surface area contributed by atoms with E-state index in [9.17, 15) is 13.2 Å². The molecular formula is C17H18O6S. The predicted molar refractivity (Wildman–Crippen MR) is 88.1 cm³/mol. The van der Waals surface area contributed by atoms with Gasteiger partial charge in [-0.3, -0.25) is 0 Å². The van der Waals surface area contributed by atoms with Crippen molar-refractivity contribution in [3.8, 4) is 11.5 Å². The number of hydrogen-bond donors (Lipinski definition) is 0. The molecule has 0 amide bonds. The van der Waals surface area contributed by atoms with Gasteiger partial charge in [0.05, 0.1) is 14.2 Å². The summed E-state index contributed by atoms with van der Waals surface area (Å²) in [5, 5.41) is 0. The summed E-state index contributed by atoms with van der Waals surface area (Å²) in [6.07, 6.45) is 0. The Labute approximate surface area is 141 Å². The monoisotopic (exact) mass is 350 g/mol. The second-order valence-corrected chi connectivity index (χ2v) is 6.68. The third-order valence-corrected chi connectivity index (χ3v) is 4.79. The van der Waals surface area contributed by atoms with Crippen LogP contribution in [0.2, 0.25) is 0 Å². The number of benzene rings is 2. The summed E-state index contributed by atoms with van der Waals surface area (Å²) < 4.78 is 39.9. The van der Waals surface area contributed by atoms with Crippen molar-refractivity contribution in [3.05, 3.63) is 53.1 Å². The maximum Gasteiger partial charge on any atom is 0.341 e. The lowest BCUT2D eigenvalue weighted by Crippen LogP contribution is -2.13. The highest BCUT2D eigenvalue weighted by Crippen LogP contribution is 2.29. The summed E-state index contributed by atoms with van der Waals surface area (Å²) in [4.78, 5) is 11.8. The number of carbonyl (C=O) groups excluding carboxylic acids is 1. The third kappa shape index (κ3) is 3.68. The molecule has 0 heterocycles. The maximum absolute atomic E-state index is 12.5. The first kappa shape index (κ1) is 17.8. The molecule has 0 radical (unpaired) electrons. The van der Waals surface area contributed by atoms with E-state index in [1.165, 1.54) is 44.6 Å². The fourth-order valence-electron chi connectivity index (χ4n) is 2.01. The van der Waals surface area contributed by atoms with Crippen LogP contribution in [-0.2, 0) is 14.9 Å². The molecule has 2 aromatic carbocycles. The number of hydrogen-bond acceptors (Lipinski definition) is 6. The van der Waals surface area contributed by atoms with Gasteiger partial charge in [0.1, 0.15) is 16.2 Å². The largest absolute Gasteiger partial charge is 0.497 e. The molecule has 0 saturated heterocycles. The van der Waals surface area contributed by atoms with Crippen LogP contribution in [0, 0.1) is 13.8 Å². The standard InChI is InChI=1S/C17H18O6S/c1-11-5-7-14(9-12(11)2)24(19,20)23-16-10-13(21-3)6-8-15(16)17(18)22-4/h5-10H,1-4H3. The minimum Gasteiger partial charge on any atom is -0.497 e. The topological polar surface area (TPSA) is 78.9 Å². The van der Waals surface area contributed by atoms with E-state index in [1.807, 2.05) is 6.92 Å². The van der Waals surface area contributed by atoms with E-state index < -0.39 is 16.1 Å². The Morgan fingerprint density at radius 1 is 0.958 bits per heavy atom. The molecule has 0 N–H and O–H groups in total. The first-order valence-electron chi connectivity index (χ1n) is 7.06. The van der Waals surface area contributed by atoms with Gasteiger partial charge in [-0.1, -0.05) is 6.07 Å². The second kappa shape index (κ2) is 6.92. The summed E-state index contributed by atoms with van der Waals surface area (Å²) in [5.41, 5.74) is 1.77. The number of aryl methyl sites for hydroxylation is 2. The van der Waals surface area contributed by atoms with Gasteiger partial charge < -0.3 is 13.7 Å². The van der Waals surface area contributed by atoms with Gasteiger partial charge in [0.25, 0.3) is 0 Å². The molecule has 0 fully saturated rings. The lowest BCUT2D eigenvalue weighted by Gasteiger charge is -2.12. The summed E-state index contributed by atoms with van der Waals surface area (Å²) in [5.74, 6) is -0.504. The number of ether oxygens (including phenoxy) is 2. The molecule has 0 atom stereocenters. The van der Waals surface area contributed by atoms with Crippen LogP contribution >= 0.6 is 0 Å². The average molecular weight is 350 g/mol. The summed E-state index contributed by atoms with van der Waals surface area (Å²) in [6.45, 7) is 3.68. The molecule has 0 aliphatic carbocycles. The van der Waals surface area contributed by atoms with Crippen LogP contribution in [0.1, 0.15) is 21.5 Å². The zero-order chi connectivity index (χ0) is 17.9. The van der Waals surface area contributed by atoms with Crippen molar-refractivity contribution in [2.75, 3.05) is 14.2 Å². The fourth-order valence-corrected chi connectivity index (χ4v) is 3.04. The van der Waals surface area contributed by atoms with E-state index in [1.54, 1.807) is 13.0 Å². The van der Waals surface area contributed by atoms with Gasteiger partial charge in [0, 0.05) is 6.07 Å². The Balaban J connectivity index is 2.48. The van der Waals surface area contributed by atoms with Crippen LogP contribution in [0.25, 0.3) is 0 Å². The molecule has 24 heavy (non-hydrogen) atoms. The number of methoxy groups -OCH3 is 2. The van der Waals surface area contributed by atoms with E-state index in [0.29, 0.717) is 5.75 Å². The van der Waals surface area contributed by atoms with Crippen molar-refractivity contribution in [1.29, 1.82) is 0 Å². The lowest BCUT2D eigenvalue weighted by atomic mass is 10.1. The molecule has 0 unspecified atom stereocenters. The molecule has 2 rings (SSSR count). The fraction of sp³-hybridized carbons (Fsp3) is 0.235. The van der Waals surface area contributed by atoms with Gasteiger partial charge in [0.15, 0.2) is 5.75 Å². The van der Waals surface area contributed by atoms with Crippen LogP contribution in [0.4, 0.5) is 0 Å². The van der Waals surface area contributed by atoms with Crippen molar-refractivity contribution in [1.82, 2.24) is 0 Å². The molecule has 0 aliphatic rings. The van der Waals surface area contributed by atoms with Gasteiger partial charge in [-0.25, -0.2) is 4.79 Å². The predicted octanol–water partition coefficient (Wildman–Crippen LogP) is 2.87. The van der Waals surface area contributed by atoms with Gasteiger partial charge in [-0.2, -0.15) is 8.42 Å². The van der Waals surface area contributed by atoms with Gasteiger partial charge in [0.2, 0.25) is 0 Å². The molecular weight excluding hydrogens is 332 g/mol. The molecule has 0 aliphatic heterocycles. The molecule has 7 heteroatoms. The van der Waals surface area contributed by atoms with Crippen molar-refractivity contribution < 1.29 is 26.9 Å². The Bertz CT molecular complexity index is 871. The van der Waals surface area contributed by atoms with Gasteiger partial charge in [-0.15, -0.1) is 0 Å². The molecule has 0 saturated carbocycles. The summed E-state index contributed by atoms with van der Waals surface area (Å²) in [6, 6.07) is 8.89.